The standard InChI is InChI=1S/C21H21FN4O2/c22-16-6-8-17(9-7-16)24-12-14-25(15-13-24)21(28)19-10-11-20(27)26(23-19)18-4-2-1-3-5-18/h1-10,23H,11-15H2. The molecule has 6 nitrogen and oxygen atoms in total. The summed E-state index contributed by atoms with van der Waals surface area (Å²) in [7, 11) is 0. The number of hydrazine groups is 1. The molecule has 2 aromatic carbocycles. The van der Waals surface area contributed by atoms with E-state index in [1.54, 1.807) is 23.1 Å². The van der Waals surface area contributed by atoms with Gasteiger partial charge in [0.1, 0.15) is 11.5 Å². The summed E-state index contributed by atoms with van der Waals surface area (Å²) in [4.78, 5) is 29.0. The smallest absolute Gasteiger partial charge is 0.271 e. The molecule has 1 N–H and O–H groups in total. The third-order valence-electron chi connectivity index (χ3n) is 4.97. The Bertz CT molecular complexity index is 890. The van der Waals surface area contributed by atoms with Gasteiger partial charge >= 0.3 is 0 Å². The third kappa shape index (κ3) is 3.69. The molecular weight excluding hydrogens is 359 g/mol. The van der Waals surface area contributed by atoms with Gasteiger partial charge < -0.3 is 9.80 Å². The molecule has 2 aliphatic heterocycles. The van der Waals surface area contributed by atoms with E-state index >= 15 is 0 Å². The van der Waals surface area contributed by atoms with Crippen molar-refractivity contribution in [1.82, 2.24) is 10.3 Å². The van der Waals surface area contributed by atoms with Gasteiger partial charge in [-0.1, -0.05) is 18.2 Å². The highest BCUT2D eigenvalue weighted by molar-refractivity contribution is 6.01. The van der Waals surface area contributed by atoms with Crippen molar-refractivity contribution in [3.8, 4) is 0 Å². The minimum atomic E-state index is -0.259. The van der Waals surface area contributed by atoms with Crippen LogP contribution in [0.2, 0.25) is 0 Å². The number of carbonyl (C=O) groups is 2. The van der Waals surface area contributed by atoms with Gasteiger partial charge in [-0.3, -0.25) is 15.0 Å². The average Bonchev–Trinajstić information content (AvgIpc) is 2.75. The van der Waals surface area contributed by atoms with Gasteiger partial charge in [-0.25, -0.2) is 9.40 Å². The van der Waals surface area contributed by atoms with Gasteiger partial charge in [-0.2, -0.15) is 0 Å². The molecule has 0 bridgehead atoms. The number of nitrogens with zero attached hydrogens (tertiary/aromatic N) is 3. The Morgan fingerprint density at radius 2 is 1.57 bits per heavy atom. The summed E-state index contributed by atoms with van der Waals surface area (Å²) in [6.07, 6.45) is 1.83. The van der Waals surface area contributed by atoms with Crippen LogP contribution in [0.25, 0.3) is 0 Å². The van der Waals surface area contributed by atoms with Crippen molar-refractivity contribution in [2.45, 2.75) is 6.42 Å². The van der Waals surface area contributed by atoms with E-state index in [1.807, 2.05) is 30.3 Å². The molecule has 2 aliphatic rings. The van der Waals surface area contributed by atoms with Gasteiger partial charge in [0, 0.05) is 38.3 Å². The van der Waals surface area contributed by atoms with Crippen LogP contribution < -0.4 is 15.3 Å². The van der Waals surface area contributed by atoms with E-state index in [9.17, 15) is 14.0 Å². The maximum Gasteiger partial charge on any atom is 0.271 e. The minimum absolute atomic E-state index is 0.108. The summed E-state index contributed by atoms with van der Waals surface area (Å²) in [5.41, 5.74) is 5.03. The number of amides is 2. The Labute approximate surface area is 162 Å². The second-order valence-electron chi connectivity index (χ2n) is 6.75. The van der Waals surface area contributed by atoms with E-state index in [1.165, 1.54) is 17.1 Å². The highest BCUT2D eigenvalue weighted by Gasteiger charge is 2.28. The second-order valence-corrected chi connectivity index (χ2v) is 6.75. The zero-order chi connectivity index (χ0) is 19.5. The van der Waals surface area contributed by atoms with Crippen molar-refractivity contribution in [2.75, 3.05) is 36.1 Å². The van der Waals surface area contributed by atoms with Crippen LogP contribution >= 0.6 is 0 Å². The van der Waals surface area contributed by atoms with Crippen molar-refractivity contribution in [3.05, 3.63) is 72.2 Å². The molecule has 1 fully saturated rings. The number of hydrogen-bond donors (Lipinski definition) is 1. The van der Waals surface area contributed by atoms with Crippen LogP contribution in [-0.2, 0) is 9.59 Å². The molecule has 144 valence electrons. The summed E-state index contributed by atoms with van der Waals surface area (Å²) < 4.78 is 13.1. The Balaban J connectivity index is 1.40. The van der Waals surface area contributed by atoms with Gasteiger partial charge in [0.05, 0.1) is 5.69 Å². The lowest BCUT2D eigenvalue weighted by molar-refractivity contribution is -0.128. The van der Waals surface area contributed by atoms with E-state index in [0.717, 1.165) is 5.69 Å². The predicted molar refractivity (Wildman–Crippen MR) is 105 cm³/mol. The Morgan fingerprint density at radius 1 is 0.893 bits per heavy atom. The van der Waals surface area contributed by atoms with Gasteiger partial charge in [0.15, 0.2) is 0 Å². The maximum atomic E-state index is 13.1. The number of benzene rings is 2. The zero-order valence-corrected chi connectivity index (χ0v) is 15.3. The third-order valence-corrected chi connectivity index (χ3v) is 4.97. The van der Waals surface area contributed by atoms with Crippen LogP contribution in [0.15, 0.2) is 66.4 Å². The fraction of sp³-hybridized carbons (Fsp3) is 0.238. The molecule has 0 unspecified atom stereocenters. The van der Waals surface area contributed by atoms with Crippen LogP contribution in [0, 0.1) is 5.82 Å². The van der Waals surface area contributed by atoms with Gasteiger partial charge in [-0.15, -0.1) is 0 Å². The number of anilines is 2. The molecule has 2 heterocycles. The van der Waals surface area contributed by atoms with Crippen LogP contribution in [0.5, 0.6) is 0 Å². The minimum Gasteiger partial charge on any atom is -0.368 e. The molecular formula is C21H21FN4O2. The molecule has 0 spiro atoms. The lowest BCUT2D eigenvalue weighted by Crippen LogP contribution is -2.53. The van der Waals surface area contributed by atoms with Gasteiger partial charge in [0.25, 0.3) is 5.91 Å². The largest absolute Gasteiger partial charge is 0.368 e. The first-order chi connectivity index (χ1) is 13.6. The van der Waals surface area contributed by atoms with Crippen molar-refractivity contribution in [3.63, 3.8) is 0 Å². The second kappa shape index (κ2) is 7.72. The fourth-order valence-corrected chi connectivity index (χ4v) is 3.42. The SMILES string of the molecule is O=C(C1=CCC(=O)N(c2ccccc2)N1)N1CCN(c2ccc(F)cc2)CC1. The van der Waals surface area contributed by atoms with E-state index < -0.39 is 0 Å². The van der Waals surface area contributed by atoms with Crippen LogP contribution in [-0.4, -0.2) is 42.9 Å². The fourth-order valence-electron chi connectivity index (χ4n) is 3.42. The van der Waals surface area contributed by atoms with E-state index in [4.69, 9.17) is 0 Å². The molecule has 0 aliphatic carbocycles. The van der Waals surface area contributed by atoms with Crippen molar-refractivity contribution < 1.29 is 14.0 Å². The highest BCUT2D eigenvalue weighted by atomic mass is 19.1. The molecule has 1 saturated heterocycles. The molecule has 0 saturated carbocycles. The molecule has 0 radical (unpaired) electrons. The molecule has 2 amide bonds. The van der Waals surface area contributed by atoms with Crippen molar-refractivity contribution in [1.29, 1.82) is 0 Å². The highest BCUT2D eigenvalue weighted by Crippen LogP contribution is 2.20. The van der Waals surface area contributed by atoms with E-state index in [-0.39, 0.29) is 24.1 Å². The van der Waals surface area contributed by atoms with Gasteiger partial charge in [-0.05, 0) is 42.5 Å². The monoisotopic (exact) mass is 380 g/mol. The number of piperazine rings is 1. The normalized spacial score (nSPS) is 17.2. The molecule has 4 rings (SSSR count). The lowest BCUT2D eigenvalue weighted by Gasteiger charge is -2.37. The Kier molecular flexibility index (Phi) is 4.97. The number of para-hydroxylation sites is 1. The van der Waals surface area contributed by atoms with Crippen molar-refractivity contribution in [2.24, 2.45) is 0 Å². The Hall–Kier alpha value is -3.35. The first-order valence-corrected chi connectivity index (χ1v) is 9.26. The summed E-state index contributed by atoms with van der Waals surface area (Å²) in [6.45, 7) is 2.47. The quantitative estimate of drug-likeness (QED) is 0.888. The molecule has 28 heavy (non-hydrogen) atoms. The number of nitrogens with one attached hydrogen (secondary N) is 1. The predicted octanol–water partition coefficient (Wildman–Crippen LogP) is 2.30. The number of carbonyl (C=O) groups excluding carboxylic acids is 2. The van der Waals surface area contributed by atoms with Gasteiger partial charge in [0.2, 0.25) is 5.91 Å². The topological polar surface area (TPSA) is 55.9 Å². The molecule has 0 aromatic heterocycles. The number of halogens is 1. The summed E-state index contributed by atoms with van der Waals surface area (Å²) in [5.74, 6) is -0.485. The lowest BCUT2D eigenvalue weighted by atomic mass is 10.2. The maximum absolute atomic E-state index is 13.1. The first kappa shape index (κ1) is 18.0. The summed E-state index contributed by atoms with van der Waals surface area (Å²) in [5, 5.41) is 1.42. The zero-order valence-electron chi connectivity index (χ0n) is 15.3. The van der Waals surface area contributed by atoms with E-state index in [2.05, 4.69) is 10.3 Å². The molecule has 0 atom stereocenters. The summed E-state index contributed by atoms with van der Waals surface area (Å²) in [6, 6.07) is 15.6. The number of rotatable bonds is 3. The van der Waals surface area contributed by atoms with Crippen LogP contribution in [0.4, 0.5) is 15.8 Å². The average molecular weight is 380 g/mol. The van der Waals surface area contributed by atoms with Crippen LogP contribution in [0.1, 0.15) is 6.42 Å². The Morgan fingerprint density at radius 3 is 2.25 bits per heavy atom. The van der Waals surface area contributed by atoms with Crippen LogP contribution in [0.3, 0.4) is 0 Å². The van der Waals surface area contributed by atoms with E-state index in [0.29, 0.717) is 37.6 Å². The molecule has 7 heteroatoms. The molecule has 2 aromatic rings. The number of hydrogen-bond acceptors (Lipinski definition) is 4. The van der Waals surface area contributed by atoms with Crippen molar-refractivity contribution >= 4 is 23.2 Å². The first-order valence-electron chi connectivity index (χ1n) is 9.26. The summed E-state index contributed by atoms with van der Waals surface area (Å²) >= 11 is 0.